The van der Waals surface area contributed by atoms with Crippen molar-refractivity contribution >= 4 is 23.1 Å². The van der Waals surface area contributed by atoms with Crippen molar-refractivity contribution in [1.29, 1.82) is 0 Å². The number of aryl methyl sites for hydroxylation is 3. The molecule has 5 heteroatoms. The molecule has 0 aliphatic carbocycles. The maximum absolute atomic E-state index is 14.0. The molecule has 0 bridgehead atoms. The van der Waals surface area contributed by atoms with Crippen molar-refractivity contribution in [2.24, 2.45) is 0 Å². The molecule has 156 valence electrons. The van der Waals surface area contributed by atoms with Crippen LogP contribution in [0.5, 0.6) is 0 Å². The van der Waals surface area contributed by atoms with Gasteiger partial charge in [0.1, 0.15) is 11.6 Å². The molecule has 4 nitrogen and oxygen atoms in total. The Hall–Kier alpha value is -3.73. The van der Waals surface area contributed by atoms with Gasteiger partial charge in [0.05, 0.1) is 11.6 Å². The van der Waals surface area contributed by atoms with Crippen molar-refractivity contribution in [3.8, 4) is 0 Å². The minimum Gasteiger partial charge on any atom is -0.507 e. The molecular weight excluding hydrogens is 393 g/mol. The van der Waals surface area contributed by atoms with Crippen LogP contribution >= 0.6 is 0 Å². The molecule has 0 saturated carbocycles. The summed E-state index contributed by atoms with van der Waals surface area (Å²) in [6.07, 6.45) is 0. The van der Waals surface area contributed by atoms with Gasteiger partial charge in [0, 0.05) is 11.3 Å². The minimum absolute atomic E-state index is 0.00758. The summed E-state index contributed by atoms with van der Waals surface area (Å²) in [6, 6.07) is 17.4. The van der Waals surface area contributed by atoms with Crippen LogP contribution in [0.15, 0.2) is 72.3 Å². The molecule has 0 spiro atoms. The van der Waals surface area contributed by atoms with E-state index in [2.05, 4.69) is 0 Å². The van der Waals surface area contributed by atoms with E-state index in [4.69, 9.17) is 0 Å². The summed E-state index contributed by atoms with van der Waals surface area (Å²) in [5.74, 6) is -2.36. The first-order chi connectivity index (χ1) is 14.8. The van der Waals surface area contributed by atoms with Gasteiger partial charge >= 0.3 is 0 Å². The summed E-state index contributed by atoms with van der Waals surface area (Å²) < 4.78 is 14.0. The van der Waals surface area contributed by atoms with Crippen LogP contribution in [0.25, 0.3) is 5.76 Å². The molecule has 1 unspecified atom stereocenters. The van der Waals surface area contributed by atoms with E-state index < -0.39 is 23.5 Å². The zero-order valence-electron chi connectivity index (χ0n) is 17.5. The van der Waals surface area contributed by atoms with Crippen LogP contribution in [0.2, 0.25) is 0 Å². The van der Waals surface area contributed by atoms with Crippen LogP contribution in [-0.2, 0) is 9.59 Å². The summed E-state index contributed by atoms with van der Waals surface area (Å²) in [5.41, 5.74) is 4.25. The topological polar surface area (TPSA) is 57.6 Å². The number of hydrogen-bond acceptors (Lipinski definition) is 3. The molecule has 3 aromatic rings. The SMILES string of the molecule is Cc1ccc(/C(O)=C2\C(=O)C(=O)N(c3cccc(F)c3)C2c2ccccc2C)cc1C. The third kappa shape index (κ3) is 3.52. The molecule has 1 aliphatic heterocycles. The Morgan fingerprint density at radius 1 is 0.871 bits per heavy atom. The van der Waals surface area contributed by atoms with Gasteiger partial charge in [-0.2, -0.15) is 0 Å². The Morgan fingerprint density at radius 3 is 2.29 bits per heavy atom. The first-order valence-electron chi connectivity index (χ1n) is 9.99. The second kappa shape index (κ2) is 7.84. The lowest BCUT2D eigenvalue weighted by Crippen LogP contribution is -2.29. The van der Waals surface area contributed by atoms with E-state index >= 15 is 0 Å². The molecule has 1 fully saturated rings. The fourth-order valence-corrected chi connectivity index (χ4v) is 3.96. The van der Waals surface area contributed by atoms with Crippen molar-refractivity contribution in [2.75, 3.05) is 4.90 Å². The number of rotatable bonds is 3. The van der Waals surface area contributed by atoms with Crippen LogP contribution in [-0.4, -0.2) is 16.8 Å². The molecule has 1 atom stereocenters. The molecule has 3 aromatic carbocycles. The molecule has 1 amide bonds. The summed E-state index contributed by atoms with van der Waals surface area (Å²) in [4.78, 5) is 27.5. The standard InChI is InChI=1S/C26H22FNO3/c1-15-11-12-18(13-17(15)3)24(29)22-23(21-10-5-4-7-16(21)2)28(26(31)25(22)30)20-9-6-8-19(27)14-20/h4-14,23,29H,1-3H3/b24-22+. The number of ketones is 1. The van der Waals surface area contributed by atoms with Gasteiger partial charge in [0.2, 0.25) is 0 Å². The highest BCUT2D eigenvalue weighted by atomic mass is 19.1. The third-order valence-electron chi connectivity index (χ3n) is 5.79. The van der Waals surface area contributed by atoms with E-state index in [0.717, 1.165) is 16.7 Å². The van der Waals surface area contributed by atoms with Crippen molar-refractivity contribution < 1.29 is 19.1 Å². The monoisotopic (exact) mass is 415 g/mol. The molecular formula is C26H22FNO3. The Balaban J connectivity index is 1.99. The van der Waals surface area contributed by atoms with E-state index in [9.17, 15) is 19.1 Å². The molecule has 1 saturated heterocycles. The number of benzene rings is 3. The van der Waals surface area contributed by atoms with E-state index in [-0.39, 0.29) is 17.0 Å². The molecule has 31 heavy (non-hydrogen) atoms. The lowest BCUT2D eigenvalue weighted by atomic mass is 9.92. The number of carbonyl (C=O) groups is 2. The van der Waals surface area contributed by atoms with Gasteiger partial charge in [-0.25, -0.2) is 4.39 Å². The molecule has 1 aliphatic rings. The maximum Gasteiger partial charge on any atom is 0.300 e. The van der Waals surface area contributed by atoms with Crippen LogP contribution in [0.4, 0.5) is 10.1 Å². The third-order valence-corrected chi connectivity index (χ3v) is 5.79. The fraction of sp³-hybridized carbons (Fsp3) is 0.154. The Kier molecular flexibility index (Phi) is 5.19. The highest BCUT2D eigenvalue weighted by Crippen LogP contribution is 2.43. The minimum atomic E-state index is -0.871. The van der Waals surface area contributed by atoms with E-state index in [1.54, 1.807) is 18.2 Å². The Labute approximate surface area is 180 Å². The van der Waals surface area contributed by atoms with Crippen molar-refractivity contribution in [3.05, 3.63) is 106 Å². The summed E-state index contributed by atoms with van der Waals surface area (Å²) in [7, 11) is 0. The van der Waals surface area contributed by atoms with Gasteiger partial charge in [-0.15, -0.1) is 0 Å². The van der Waals surface area contributed by atoms with Crippen LogP contribution in [0.1, 0.15) is 33.9 Å². The number of aliphatic hydroxyl groups excluding tert-OH is 1. The molecule has 1 heterocycles. The van der Waals surface area contributed by atoms with Gasteiger partial charge in [0.25, 0.3) is 11.7 Å². The normalized spacial score (nSPS) is 17.9. The number of Topliss-reactive ketones (excluding diaryl/α,β-unsaturated/α-hetero) is 1. The number of amides is 1. The van der Waals surface area contributed by atoms with Crippen LogP contribution < -0.4 is 4.90 Å². The van der Waals surface area contributed by atoms with Crippen molar-refractivity contribution in [3.63, 3.8) is 0 Å². The number of hydrogen-bond donors (Lipinski definition) is 1. The molecule has 0 radical (unpaired) electrons. The van der Waals surface area contributed by atoms with Crippen LogP contribution in [0, 0.1) is 26.6 Å². The number of aliphatic hydroxyl groups is 1. The first kappa shape index (κ1) is 20.5. The van der Waals surface area contributed by atoms with Crippen molar-refractivity contribution in [1.82, 2.24) is 0 Å². The fourth-order valence-electron chi connectivity index (χ4n) is 3.96. The average Bonchev–Trinajstić information content (AvgIpc) is 3.00. The summed E-state index contributed by atoms with van der Waals surface area (Å²) >= 11 is 0. The lowest BCUT2D eigenvalue weighted by Gasteiger charge is -2.26. The second-order valence-corrected chi connectivity index (χ2v) is 7.80. The quantitative estimate of drug-likeness (QED) is 0.355. The van der Waals surface area contributed by atoms with Gasteiger partial charge in [0.15, 0.2) is 0 Å². The zero-order valence-corrected chi connectivity index (χ0v) is 17.5. The number of nitrogens with zero attached hydrogens (tertiary/aromatic N) is 1. The second-order valence-electron chi connectivity index (χ2n) is 7.80. The smallest absolute Gasteiger partial charge is 0.300 e. The van der Waals surface area contributed by atoms with Gasteiger partial charge in [-0.05, 0) is 67.3 Å². The van der Waals surface area contributed by atoms with Gasteiger partial charge in [-0.1, -0.05) is 42.5 Å². The number of anilines is 1. The predicted molar refractivity (Wildman–Crippen MR) is 118 cm³/mol. The predicted octanol–water partition coefficient (Wildman–Crippen LogP) is 5.38. The molecule has 0 aromatic heterocycles. The van der Waals surface area contributed by atoms with E-state index in [1.165, 1.54) is 23.1 Å². The highest BCUT2D eigenvalue weighted by Gasteiger charge is 2.47. The highest BCUT2D eigenvalue weighted by molar-refractivity contribution is 6.51. The van der Waals surface area contributed by atoms with Crippen LogP contribution in [0.3, 0.4) is 0 Å². The lowest BCUT2D eigenvalue weighted by molar-refractivity contribution is -0.132. The number of halogens is 1. The van der Waals surface area contributed by atoms with Gasteiger partial charge in [-0.3, -0.25) is 14.5 Å². The summed E-state index contributed by atoms with van der Waals surface area (Å²) in [6.45, 7) is 5.74. The maximum atomic E-state index is 14.0. The molecule has 1 N–H and O–H groups in total. The zero-order chi connectivity index (χ0) is 22.3. The van der Waals surface area contributed by atoms with Crippen molar-refractivity contribution in [2.45, 2.75) is 26.8 Å². The van der Waals surface area contributed by atoms with E-state index in [1.807, 2.05) is 51.1 Å². The first-order valence-corrected chi connectivity index (χ1v) is 9.99. The average molecular weight is 415 g/mol. The Morgan fingerprint density at radius 2 is 1.61 bits per heavy atom. The largest absolute Gasteiger partial charge is 0.507 e. The summed E-state index contributed by atoms with van der Waals surface area (Å²) in [5, 5.41) is 11.2. The molecule has 4 rings (SSSR count). The Bertz CT molecular complexity index is 1240. The van der Waals surface area contributed by atoms with E-state index in [0.29, 0.717) is 11.1 Å². The van der Waals surface area contributed by atoms with Gasteiger partial charge < -0.3 is 5.11 Å². The number of carbonyl (C=O) groups excluding carboxylic acids is 2.